The van der Waals surface area contributed by atoms with Crippen LogP contribution in [-0.4, -0.2) is 22.5 Å². The maximum absolute atomic E-state index is 9.02. The van der Waals surface area contributed by atoms with Crippen molar-refractivity contribution in [3.8, 4) is 6.07 Å². The van der Waals surface area contributed by atoms with E-state index in [2.05, 4.69) is 24.8 Å². The van der Waals surface area contributed by atoms with E-state index in [1.165, 1.54) is 0 Å². The summed E-state index contributed by atoms with van der Waals surface area (Å²) in [6.07, 6.45) is 2.02. The minimum absolute atomic E-state index is 0.0206. The lowest BCUT2D eigenvalue weighted by atomic mass is 9.90. The van der Waals surface area contributed by atoms with Crippen LogP contribution >= 0.6 is 12.2 Å². The minimum Gasteiger partial charge on any atom is -0.350 e. The van der Waals surface area contributed by atoms with Gasteiger partial charge >= 0.3 is 0 Å². The van der Waals surface area contributed by atoms with Gasteiger partial charge in [-0.05, 0) is 18.8 Å². The Balaban J connectivity index is 2.76. The van der Waals surface area contributed by atoms with Crippen molar-refractivity contribution in [3.05, 3.63) is 0 Å². The highest BCUT2D eigenvalue weighted by Crippen LogP contribution is 2.25. The van der Waals surface area contributed by atoms with Crippen molar-refractivity contribution in [1.29, 1.82) is 5.26 Å². The molecule has 1 rings (SSSR count). The average Bonchev–Trinajstić information content (AvgIpc) is 2.15. The van der Waals surface area contributed by atoms with E-state index in [9.17, 15) is 0 Å². The second kappa shape index (κ2) is 4.75. The number of nitriles is 1. The van der Waals surface area contributed by atoms with Gasteiger partial charge in [0, 0.05) is 12.5 Å². The van der Waals surface area contributed by atoms with Gasteiger partial charge in [0.05, 0.1) is 11.1 Å². The number of likely N-dealkylation sites (tertiary alicyclic amines) is 1. The molecule has 1 aliphatic heterocycles. The summed E-state index contributed by atoms with van der Waals surface area (Å²) >= 11 is 5.39. The molecule has 3 heteroatoms. The Morgan fingerprint density at radius 2 is 2.29 bits per heavy atom. The lowest BCUT2D eigenvalue weighted by Gasteiger charge is -2.39. The van der Waals surface area contributed by atoms with Crippen molar-refractivity contribution in [2.24, 2.45) is 11.8 Å². The van der Waals surface area contributed by atoms with Crippen molar-refractivity contribution >= 4 is 17.2 Å². The van der Waals surface area contributed by atoms with Crippen molar-refractivity contribution < 1.29 is 0 Å². The fourth-order valence-electron chi connectivity index (χ4n) is 2.15. The first-order valence-electron chi connectivity index (χ1n) is 5.30. The van der Waals surface area contributed by atoms with Crippen LogP contribution in [-0.2, 0) is 0 Å². The minimum atomic E-state index is -0.0206. The molecule has 0 aromatic rings. The Morgan fingerprint density at radius 1 is 1.64 bits per heavy atom. The highest BCUT2D eigenvalue weighted by molar-refractivity contribution is 7.80. The standard InChI is InChI=1S/C11H18N2S/c1-4-10(6-12)13-7-8(2)5-9(3)11(13)14/h8-10H,4-5,7H2,1-3H3. The summed E-state index contributed by atoms with van der Waals surface area (Å²) in [5.41, 5.74) is 0. The van der Waals surface area contributed by atoms with Crippen LogP contribution in [0.1, 0.15) is 33.6 Å². The van der Waals surface area contributed by atoms with E-state index >= 15 is 0 Å². The van der Waals surface area contributed by atoms with Crippen molar-refractivity contribution in [3.63, 3.8) is 0 Å². The van der Waals surface area contributed by atoms with E-state index in [4.69, 9.17) is 17.5 Å². The molecule has 0 amide bonds. The van der Waals surface area contributed by atoms with Gasteiger partial charge in [0.1, 0.15) is 6.04 Å². The molecule has 14 heavy (non-hydrogen) atoms. The Bertz CT molecular complexity index is 257. The zero-order valence-electron chi connectivity index (χ0n) is 9.16. The largest absolute Gasteiger partial charge is 0.350 e. The quantitative estimate of drug-likeness (QED) is 0.656. The average molecular weight is 210 g/mol. The lowest BCUT2D eigenvalue weighted by molar-refractivity contribution is 0.248. The molecule has 1 fully saturated rings. The molecule has 0 saturated carbocycles. The van der Waals surface area contributed by atoms with Crippen molar-refractivity contribution in [1.82, 2.24) is 4.90 Å². The van der Waals surface area contributed by atoms with Gasteiger partial charge in [-0.1, -0.05) is 33.0 Å². The van der Waals surface area contributed by atoms with Crippen LogP contribution in [0.25, 0.3) is 0 Å². The fraction of sp³-hybridized carbons (Fsp3) is 0.818. The highest BCUT2D eigenvalue weighted by atomic mass is 32.1. The molecule has 3 atom stereocenters. The maximum Gasteiger partial charge on any atom is 0.117 e. The van der Waals surface area contributed by atoms with E-state index in [0.717, 1.165) is 24.4 Å². The zero-order valence-corrected chi connectivity index (χ0v) is 9.97. The number of hydrogen-bond acceptors (Lipinski definition) is 2. The Kier molecular flexibility index (Phi) is 3.88. The Hall–Kier alpha value is -0.620. The second-order valence-electron chi connectivity index (χ2n) is 4.29. The summed E-state index contributed by atoms with van der Waals surface area (Å²) in [6.45, 7) is 7.39. The topological polar surface area (TPSA) is 27.0 Å². The first-order valence-corrected chi connectivity index (χ1v) is 5.71. The smallest absolute Gasteiger partial charge is 0.117 e. The first kappa shape index (κ1) is 11.5. The zero-order chi connectivity index (χ0) is 10.7. The van der Waals surface area contributed by atoms with Crippen LogP contribution in [0, 0.1) is 23.2 Å². The molecular weight excluding hydrogens is 192 g/mol. The molecule has 1 heterocycles. The molecule has 1 aliphatic rings. The summed E-state index contributed by atoms with van der Waals surface area (Å²) in [7, 11) is 0. The van der Waals surface area contributed by atoms with Crippen LogP contribution in [0.2, 0.25) is 0 Å². The number of nitrogens with zero attached hydrogens (tertiary/aromatic N) is 2. The van der Waals surface area contributed by atoms with Gasteiger partial charge in [-0.25, -0.2) is 0 Å². The van der Waals surface area contributed by atoms with Gasteiger partial charge in [0.15, 0.2) is 0 Å². The summed E-state index contributed by atoms with van der Waals surface area (Å²) in [5.74, 6) is 1.11. The molecule has 0 bridgehead atoms. The van der Waals surface area contributed by atoms with Gasteiger partial charge in [-0.15, -0.1) is 0 Å². The molecule has 0 aromatic carbocycles. The normalized spacial score (nSPS) is 29.9. The van der Waals surface area contributed by atoms with Gasteiger partial charge < -0.3 is 4.90 Å². The molecule has 0 N–H and O–H groups in total. The lowest BCUT2D eigenvalue weighted by Crippen LogP contribution is -2.47. The molecule has 0 aromatic heterocycles. The monoisotopic (exact) mass is 210 g/mol. The van der Waals surface area contributed by atoms with Gasteiger partial charge in [-0.2, -0.15) is 5.26 Å². The molecule has 0 spiro atoms. The van der Waals surface area contributed by atoms with Gasteiger partial charge in [0.2, 0.25) is 0 Å². The van der Waals surface area contributed by atoms with Crippen LogP contribution < -0.4 is 0 Å². The molecule has 78 valence electrons. The van der Waals surface area contributed by atoms with E-state index in [-0.39, 0.29) is 6.04 Å². The number of rotatable bonds is 2. The first-order chi connectivity index (χ1) is 6.60. The van der Waals surface area contributed by atoms with Gasteiger partial charge in [0.25, 0.3) is 0 Å². The molecule has 0 radical (unpaired) electrons. The van der Waals surface area contributed by atoms with Crippen molar-refractivity contribution in [2.45, 2.75) is 39.7 Å². The van der Waals surface area contributed by atoms with Crippen molar-refractivity contribution in [2.75, 3.05) is 6.54 Å². The van der Waals surface area contributed by atoms with E-state index in [1.807, 2.05) is 6.92 Å². The van der Waals surface area contributed by atoms with Crippen LogP contribution in [0.15, 0.2) is 0 Å². The Labute approximate surface area is 91.9 Å². The molecule has 2 nitrogen and oxygen atoms in total. The third kappa shape index (κ3) is 2.24. The number of thiocarbonyl (C=S) groups is 1. The predicted octanol–water partition coefficient (Wildman–Crippen LogP) is 2.59. The predicted molar refractivity (Wildman–Crippen MR) is 61.9 cm³/mol. The van der Waals surface area contributed by atoms with Crippen LogP contribution in [0.4, 0.5) is 0 Å². The third-order valence-corrected chi connectivity index (χ3v) is 3.52. The highest BCUT2D eigenvalue weighted by Gasteiger charge is 2.30. The fourth-order valence-corrected chi connectivity index (χ4v) is 2.45. The van der Waals surface area contributed by atoms with Gasteiger partial charge in [-0.3, -0.25) is 0 Å². The van der Waals surface area contributed by atoms with Crippen LogP contribution in [0.5, 0.6) is 0 Å². The van der Waals surface area contributed by atoms with E-state index in [1.54, 1.807) is 0 Å². The summed E-state index contributed by atoms with van der Waals surface area (Å²) in [5, 5.41) is 9.02. The van der Waals surface area contributed by atoms with E-state index in [0.29, 0.717) is 11.8 Å². The Morgan fingerprint density at radius 3 is 2.79 bits per heavy atom. The van der Waals surface area contributed by atoms with E-state index < -0.39 is 0 Å². The van der Waals surface area contributed by atoms with Crippen LogP contribution in [0.3, 0.4) is 0 Å². The third-order valence-electron chi connectivity index (χ3n) is 2.88. The SMILES string of the molecule is CCC(C#N)N1CC(C)CC(C)C1=S. The molecule has 1 saturated heterocycles. The summed E-state index contributed by atoms with van der Waals surface area (Å²) < 4.78 is 0. The number of hydrogen-bond donors (Lipinski definition) is 0. The summed E-state index contributed by atoms with van der Waals surface area (Å²) in [6, 6.07) is 2.31. The molecular formula is C11H18N2S. The number of piperidine rings is 1. The maximum atomic E-state index is 9.02. The summed E-state index contributed by atoms with van der Waals surface area (Å²) in [4.78, 5) is 3.10. The molecule has 3 unspecified atom stereocenters. The molecule has 0 aliphatic carbocycles. The second-order valence-corrected chi connectivity index (χ2v) is 4.70.